The Morgan fingerprint density at radius 2 is 1.72 bits per heavy atom. The molecule has 0 aliphatic carbocycles. The number of fused-ring (bicyclic) bond motifs is 4. The summed E-state index contributed by atoms with van der Waals surface area (Å²) in [4.78, 5) is 4.62. The van der Waals surface area contributed by atoms with Gasteiger partial charge in [-0.2, -0.15) is 5.26 Å². The molecule has 5 rings (SSSR count). The molecule has 0 aliphatic rings. The number of para-hydroxylation sites is 1. The number of benzene rings is 3. The van der Waals surface area contributed by atoms with Gasteiger partial charge in [0.2, 0.25) is 0 Å². The Bertz CT molecular complexity index is 1310. The van der Waals surface area contributed by atoms with Crippen LogP contribution in [0.2, 0.25) is 0 Å². The molecule has 3 nitrogen and oxygen atoms in total. The van der Waals surface area contributed by atoms with E-state index in [9.17, 15) is 0 Å². The second-order valence-corrected chi connectivity index (χ2v) is 6.02. The van der Waals surface area contributed by atoms with E-state index >= 15 is 0 Å². The van der Waals surface area contributed by atoms with Crippen LogP contribution in [0.25, 0.3) is 44.0 Å². The minimum atomic E-state index is 0.629. The number of nitriles is 1. The largest absolute Gasteiger partial charge is 0.455 e. The normalized spacial score (nSPS) is 11.2. The SMILES string of the molecule is N#Cc1ccc2oc3c(-c4cc5ccccc5cn4)cccc3c2c1. The Hall–Kier alpha value is -3.64. The van der Waals surface area contributed by atoms with Crippen LogP contribution in [0.5, 0.6) is 0 Å². The summed E-state index contributed by atoms with van der Waals surface area (Å²) < 4.78 is 6.10. The monoisotopic (exact) mass is 320 g/mol. The molecule has 0 amide bonds. The molecule has 0 aliphatic heterocycles. The molecule has 0 fully saturated rings. The number of pyridine rings is 1. The highest BCUT2D eigenvalue weighted by Crippen LogP contribution is 2.36. The summed E-state index contributed by atoms with van der Waals surface area (Å²) in [5, 5.41) is 13.4. The lowest BCUT2D eigenvalue weighted by Gasteiger charge is -2.04. The van der Waals surface area contributed by atoms with Crippen LogP contribution in [0.1, 0.15) is 5.56 Å². The van der Waals surface area contributed by atoms with Gasteiger partial charge < -0.3 is 4.42 Å². The Kier molecular flexibility index (Phi) is 2.86. The molecule has 0 radical (unpaired) electrons. The minimum Gasteiger partial charge on any atom is -0.455 e. The Morgan fingerprint density at radius 3 is 2.60 bits per heavy atom. The van der Waals surface area contributed by atoms with Gasteiger partial charge in [0.25, 0.3) is 0 Å². The van der Waals surface area contributed by atoms with Gasteiger partial charge in [-0.25, -0.2) is 0 Å². The lowest BCUT2D eigenvalue weighted by molar-refractivity contribution is 0.670. The maximum absolute atomic E-state index is 9.15. The van der Waals surface area contributed by atoms with E-state index in [0.29, 0.717) is 5.56 Å². The van der Waals surface area contributed by atoms with E-state index in [-0.39, 0.29) is 0 Å². The molecule has 2 aromatic heterocycles. The van der Waals surface area contributed by atoms with Gasteiger partial charge in [0.1, 0.15) is 11.2 Å². The van der Waals surface area contributed by atoms with Crippen molar-refractivity contribution in [3.05, 3.63) is 78.5 Å². The van der Waals surface area contributed by atoms with Gasteiger partial charge in [0, 0.05) is 27.9 Å². The zero-order valence-electron chi connectivity index (χ0n) is 13.2. The van der Waals surface area contributed by atoms with Crippen LogP contribution in [-0.4, -0.2) is 4.98 Å². The van der Waals surface area contributed by atoms with Crippen molar-refractivity contribution in [2.45, 2.75) is 0 Å². The van der Waals surface area contributed by atoms with Crippen molar-refractivity contribution in [1.82, 2.24) is 4.98 Å². The number of aromatic nitrogens is 1. The first-order valence-electron chi connectivity index (χ1n) is 8.04. The van der Waals surface area contributed by atoms with Gasteiger partial charge in [-0.1, -0.05) is 36.4 Å². The van der Waals surface area contributed by atoms with Gasteiger partial charge in [-0.05, 0) is 35.7 Å². The van der Waals surface area contributed by atoms with E-state index in [1.54, 1.807) is 6.07 Å². The van der Waals surface area contributed by atoms with Gasteiger partial charge >= 0.3 is 0 Å². The van der Waals surface area contributed by atoms with E-state index in [1.165, 1.54) is 0 Å². The summed E-state index contributed by atoms with van der Waals surface area (Å²) in [5.74, 6) is 0. The maximum atomic E-state index is 9.15. The third-order valence-corrected chi connectivity index (χ3v) is 4.53. The van der Waals surface area contributed by atoms with Crippen molar-refractivity contribution in [3.8, 4) is 17.3 Å². The summed E-state index contributed by atoms with van der Waals surface area (Å²) in [7, 11) is 0. The lowest BCUT2D eigenvalue weighted by atomic mass is 10.0. The van der Waals surface area contributed by atoms with Crippen LogP contribution in [0, 0.1) is 11.3 Å². The van der Waals surface area contributed by atoms with Crippen LogP contribution in [0.4, 0.5) is 0 Å². The Labute approximate surface area is 143 Å². The first-order chi connectivity index (χ1) is 12.3. The molecule has 0 bridgehead atoms. The van der Waals surface area contributed by atoms with Crippen molar-refractivity contribution in [3.63, 3.8) is 0 Å². The second kappa shape index (κ2) is 5.19. The lowest BCUT2D eigenvalue weighted by Crippen LogP contribution is -1.84. The van der Waals surface area contributed by atoms with Gasteiger partial charge in [-0.15, -0.1) is 0 Å². The first-order valence-corrected chi connectivity index (χ1v) is 8.04. The summed E-state index contributed by atoms with van der Waals surface area (Å²) in [5.41, 5.74) is 4.05. The van der Waals surface area contributed by atoms with Gasteiger partial charge in [-0.3, -0.25) is 4.98 Å². The van der Waals surface area contributed by atoms with E-state index in [0.717, 1.165) is 44.0 Å². The molecule has 0 unspecified atom stereocenters. The van der Waals surface area contributed by atoms with E-state index in [4.69, 9.17) is 9.68 Å². The Balaban J connectivity index is 1.82. The number of hydrogen-bond donors (Lipinski definition) is 0. The van der Waals surface area contributed by atoms with E-state index in [1.807, 2.05) is 48.7 Å². The molecule has 25 heavy (non-hydrogen) atoms. The molecule has 2 heterocycles. The average Bonchev–Trinajstić information content (AvgIpc) is 3.05. The highest BCUT2D eigenvalue weighted by molar-refractivity contribution is 6.09. The predicted octanol–water partition coefficient (Wildman–Crippen LogP) is 5.67. The van der Waals surface area contributed by atoms with Crippen molar-refractivity contribution in [1.29, 1.82) is 5.26 Å². The summed E-state index contributed by atoms with van der Waals surface area (Å²) in [6, 6.07) is 24.0. The molecule has 5 aromatic rings. The highest BCUT2D eigenvalue weighted by atomic mass is 16.3. The molecular weight excluding hydrogens is 308 g/mol. The zero-order valence-corrected chi connectivity index (χ0v) is 13.2. The van der Waals surface area contributed by atoms with Gasteiger partial charge in [0.15, 0.2) is 0 Å². The predicted molar refractivity (Wildman–Crippen MR) is 99.2 cm³/mol. The summed E-state index contributed by atoms with van der Waals surface area (Å²) in [6.07, 6.45) is 1.89. The van der Waals surface area contributed by atoms with Crippen LogP contribution in [-0.2, 0) is 0 Å². The molecule has 3 heteroatoms. The molecule has 0 saturated heterocycles. The fraction of sp³-hybridized carbons (Fsp3) is 0. The smallest absolute Gasteiger partial charge is 0.144 e. The van der Waals surface area contributed by atoms with Crippen LogP contribution < -0.4 is 0 Å². The fourth-order valence-electron chi connectivity index (χ4n) is 3.30. The van der Waals surface area contributed by atoms with Gasteiger partial charge in [0.05, 0.1) is 17.3 Å². The molecule has 0 spiro atoms. The number of hydrogen-bond acceptors (Lipinski definition) is 3. The molecule has 0 saturated carbocycles. The first kappa shape index (κ1) is 13.8. The summed E-state index contributed by atoms with van der Waals surface area (Å²) >= 11 is 0. The molecule has 116 valence electrons. The third-order valence-electron chi connectivity index (χ3n) is 4.53. The van der Waals surface area contributed by atoms with E-state index < -0.39 is 0 Å². The van der Waals surface area contributed by atoms with Crippen LogP contribution in [0.3, 0.4) is 0 Å². The zero-order chi connectivity index (χ0) is 16.8. The molecular formula is C22H12N2O. The van der Waals surface area contributed by atoms with Crippen LogP contribution >= 0.6 is 0 Å². The van der Waals surface area contributed by atoms with Crippen molar-refractivity contribution >= 4 is 32.7 Å². The van der Waals surface area contributed by atoms with Crippen LogP contribution in [0.15, 0.2) is 77.3 Å². The minimum absolute atomic E-state index is 0.629. The average molecular weight is 320 g/mol. The van der Waals surface area contributed by atoms with Crippen molar-refractivity contribution in [2.24, 2.45) is 0 Å². The summed E-state index contributed by atoms with van der Waals surface area (Å²) in [6.45, 7) is 0. The van der Waals surface area contributed by atoms with E-state index in [2.05, 4.69) is 29.3 Å². The molecule has 0 N–H and O–H groups in total. The second-order valence-electron chi connectivity index (χ2n) is 6.02. The van der Waals surface area contributed by atoms with Crippen molar-refractivity contribution < 1.29 is 4.42 Å². The molecule has 3 aromatic carbocycles. The molecule has 0 atom stereocenters. The highest BCUT2D eigenvalue weighted by Gasteiger charge is 2.13. The number of nitrogens with zero attached hydrogens (tertiary/aromatic N) is 2. The van der Waals surface area contributed by atoms with Crippen molar-refractivity contribution in [2.75, 3.05) is 0 Å². The number of furan rings is 1. The quantitative estimate of drug-likeness (QED) is 0.399. The Morgan fingerprint density at radius 1 is 0.840 bits per heavy atom. The number of rotatable bonds is 1. The fourth-order valence-corrected chi connectivity index (χ4v) is 3.30. The topological polar surface area (TPSA) is 49.8 Å². The standard InChI is InChI=1S/C22H12N2O/c23-12-14-8-9-21-19(10-14)17-6-3-7-18(22(17)25-21)20-11-15-4-1-2-5-16(15)13-24-20/h1-11,13H. The third kappa shape index (κ3) is 2.09. The maximum Gasteiger partial charge on any atom is 0.144 e.